The van der Waals surface area contributed by atoms with Crippen molar-refractivity contribution in [2.24, 2.45) is 5.92 Å². The Bertz CT molecular complexity index is 269. The Morgan fingerprint density at radius 3 is 2.71 bits per heavy atom. The molecule has 98 valence electrons. The highest BCUT2D eigenvalue weighted by Gasteiger charge is 2.19. The molecule has 2 atom stereocenters. The molecule has 2 unspecified atom stereocenters. The minimum Gasteiger partial charge on any atom is -0.349 e. The lowest BCUT2D eigenvalue weighted by Gasteiger charge is -2.26. The van der Waals surface area contributed by atoms with Crippen LogP contribution in [0, 0.1) is 5.92 Å². The Kier molecular flexibility index (Phi) is 6.94. The van der Waals surface area contributed by atoms with Gasteiger partial charge in [-0.3, -0.25) is 0 Å². The van der Waals surface area contributed by atoms with E-state index in [9.17, 15) is 0 Å². The fourth-order valence-corrected chi connectivity index (χ4v) is 2.44. The van der Waals surface area contributed by atoms with Crippen molar-refractivity contribution in [1.82, 2.24) is 15.3 Å². The number of imidazole rings is 1. The number of rotatable bonds is 9. The molecule has 0 saturated carbocycles. The van der Waals surface area contributed by atoms with Crippen LogP contribution in [-0.2, 0) is 6.42 Å². The van der Waals surface area contributed by atoms with Crippen molar-refractivity contribution in [3.8, 4) is 0 Å². The molecular formula is C14H27N3. The minimum absolute atomic E-state index is 0.558. The molecule has 1 rings (SSSR count). The van der Waals surface area contributed by atoms with Gasteiger partial charge < -0.3 is 10.3 Å². The number of aromatic nitrogens is 2. The summed E-state index contributed by atoms with van der Waals surface area (Å²) in [6, 6.07) is 0.558. The molecule has 0 aliphatic rings. The van der Waals surface area contributed by atoms with Crippen LogP contribution in [0.15, 0.2) is 12.4 Å². The van der Waals surface area contributed by atoms with E-state index in [1.165, 1.54) is 25.7 Å². The van der Waals surface area contributed by atoms with Gasteiger partial charge in [-0.1, -0.05) is 40.0 Å². The molecule has 0 fully saturated rings. The molecule has 0 aromatic carbocycles. The van der Waals surface area contributed by atoms with E-state index in [4.69, 9.17) is 0 Å². The second kappa shape index (κ2) is 8.29. The standard InChI is InChI=1S/C14H27N3/c1-4-7-8-12(5-2)13(15-6-3)11-14-16-9-10-17-14/h9-10,12-13,15H,4-8,11H2,1-3H3,(H,16,17). The van der Waals surface area contributed by atoms with Crippen LogP contribution in [0.25, 0.3) is 0 Å². The van der Waals surface area contributed by atoms with Crippen molar-refractivity contribution in [3.05, 3.63) is 18.2 Å². The Labute approximate surface area is 105 Å². The van der Waals surface area contributed by atoms with Gasteiger partial charge in [-0.15, -0.1) is 0 Å². The molecule has 0 bridgehead atoms. The Balaban J connectivity index is 2.55. The molecule has 0 aliphatic heterocycles. The van der Waals surface area contributed by atoms with Crippen molar-refractivity contribution in [2.45, 2.75) is 58.9 Å². The van der Waals surface area contributed by atoms with Gasteiger partial charge in [0.2, 0.25) is 0 Å². The lowest BCUT2D eigenvalue weighted by atomic mass is 9.89. The molecule has 2 N–H and O–H groups in total. The third-order valence-corrected chi connectivity index (χ3v) is 3.46. The zero-order valence-electron chi connectivity index (χ0n) is 11.5. The molecule has 0 saturated heterocycles. The monoisotopic (exact) mass is 237 g/mol. The van der Waals surface area contributed by atoms with Gasteiger partial charge in [-0.05, 0) is 18.9 Å². The van der Waals surface area contributed by atoms with Gasteiger partial charge in [0.1, 0.15) is 5.82 Å². The van der Waals surface area contributed by atoms with E-state index in [1.54, 1.807) is 0 Å². The van der Waals surface area contributed by atoms with E-state index < -0.39 is 0 Å². The molecule has 3 heteroatoms. The summed E-state index contributed by atoms with van der Waals surface area (Å²) in [6.07, 6.45) is 9.96. The van der Waals surface area contributed by atoms with E-state index >= 15 is 0 Å². The van der Waals surface area contributed by atoms with Gasteiger partial charge in [-0.2, -0.15) is 0 Å². The summed E-state index contributed by atoms with van der Waals surface area (Å²) < 4.78 is 0. The lowest BCUT2D eigenvalue weighted by molar-refractivity contribution is 0.316. The first kappa shape index (κ1) is 14.2. The van der Waals surface area contributed by atoms with Crippen LogP contribution in [-0.4, -0.2) is 22.6 Å². The summed E-state index contributed by atoms with van der Waals surface area (Å²) in [7, 11) is 0. The van der Waals surface area contributed by atoms with Crippen molar-refractivity contribution >= 4 is 0 Å². The Morgan fingerprint density at radius 2 is 2.18 bits per heavy atom. The highest BCUT2D eigenvalue weighted by molar-refractivity contribution is 4.93. The average Bonchev–Trinajstić information content (AvgIpc) is 2.83. The third kappa shape index (κ3) is 4.90. The summed E-state index contributed by atoms with van der Waals surface area (Å²) in [5.41, 5.74) is 0. The molecule has 0 radical (unpaired) electrons. The third-order valence-electron chi connectivity index (χ3n) is 3.46. The molecule has 3 nitrogen and oxygen atoms in total. The maximum Gasteiger partial charge on any atom is 0.107 e. The first-order valence-corrected chi connectivity index (χ1v) is 7.03. The number of nitrogens with zero attached hydrogens (tertiary/aromatic N) is 1. The van der Waals surface area contributed by atoms with Crippen molar-refractivity contribution in [1.29, 1.82) is 0 Å². The largest absolute Gasteiger partial charge is 0.349 e. The van der Waals surface area contributed by atoms with E-state index in [1.807, 2.05) is 12.4 Å². The number of H-pyrrole nitrogens is 1. The van der Waals surface area contributed by atoms with Crippen LogP contribution in [0.1, 0.15) is 52.3 Å². The summed E-state index contributed by atoms with van der Waals surface area (Å²) in [5, 5.41) is 3.62. The first-order chi connectivity index (χ1) is 8.31. The fourth-order valence-electron chi connectivity index (χ4n) is 2.44. The highest BCUT2D eigenvalue weighted by atomic mass is 14.9. The van der Waals surface area contributed by atoms with Gasteiger partial charge in [0, 0.05) is 24.9 Å². The highest BCUT2D eigenvalue weighted by Crippen LogP contribution is 2.19. The average molecular weight is 237 g/mol. The van der Waals surface area contributed by atoms with E-state index in [2.05, 4.69) is 36.1 Å². The zero-order valence-corrected chi connectivity index (χ0v) is 11.5. The van der Waals surface area contributed by atoms with Crippen molar-refractivity contribution in [3.63, 3.8) is 0 Å². The Morgan fingerprint density at radius 1 is 1.35 bits per heavy atom. The summed E-state index contributed by atoms with van der Waals surface area (Å²) in [5.74, 6) is 1.87. The number of hydrogen-bond donors (Lipinski definition) is 2. The molecule has 0 amide bonds. The number of hydrogen-bond acceptors (Lipinski definition) is 2. The molecule has 0 aliphatic carbocycles. The van der Waals surface area contributed by atoms with Crippen LogP contribution < -0.4 is 5.32 Å². The predicted molar refractivity (Wildman–Crippen MR) is 73.1 cm³/mol. The number of unbranched alkanes of at least 4 members (excludes halogenated alkanes) is 1. The van der Waals surface area contributed by atoms with Gasteiger partial charge >= 0.3 is 0 Å². The molecule has 17 heavy (non-hydrogen) atoms. The summed E-state index contributed by atoms with van der Waals surface area (Å²) in [4.78, 5) is 7.55. The smallest absolute Gasteiger partial charge is 0.107 e. The van der Waals surface area contributed by atoms with Crippen LogP contribution in [0.4, 0.5) is 0 Å². The van der Waals surface area contributed by atoms with Gasteiger partial charge in [-0.25, -0.2) is 4.98 Å². The number of nitrogens with one attached hydrogen (secondary N) is 2. The summed E-state index contributed by atoms with van der Waals surface area (Å²) >= 11 is 0. The number of aromatic amines is 1. The predicted octanol–water partition coefficient (Wildman–Crippen LogP) is 3.15. The molecule has 1 aromatic heterocycles. The fraction of sp³-hybridized carbons (Fsp3) is 0.786. The lowest BCUT2D eigenvalue weighted by Crippen LogP contribution is -2.38. The van der Waals surface area contributed by atoms with Gasteiger partial charge in [0.05, 0.1) is 0 Å². The van der Waals surface area contributed by atoms with Gasteiger partial charge in [0.15, 0.2) is 0 Å². The molecule has 0 spiro atoms. The second-order valence-corrected chi connectivity index (χ2v) is 4.71. The molecule has 1 aromatic rings. The van der Waals surface area contributed by atoms with Crippen LogP contribution in [0.5, 0.6) is 0 Å². The maximum atomic E-state index is 4.34. The van der Waals surface area contributed by atoms with Crippen LogP contribution in [0.3, 0.4) is 0 Å². The second-order valence-electron chi connectivity index (χ2n) is 4.71. The van der Waals surface area contributed by atoms with Crippen LogP contribution >= 0.6 is 0 Å². The van der Waals surface area contributed by atoms with Gasteiger partial charge in [0.25, 0.3) is 0 Å². The summed E-state index contributed by atoms with van der Waals surface area (Å²) in [6.45, 7) is 7.78. The van der Waals surface area contributed by atoms with E-state index in [0.29, 0.717) is 6.04 Å². The first-order valence-electron chi connectivity index (χ1n) is 7.03. The number of likely N-dealkylation sites (N-methyl/N-ethyl adjacent to an activating group) is 1. The van der Waals surface area contributed by atoms with E-state index in [0.717, 1.165) is 24.7 Å². The van der Waals surface area contributed by atoms with Crippen LogP contribution in [0.2, 0.25) is 0 Å². The quantitative estimate of drug-likeness (QED) is 0.692. The SMILES string of the molecule is CCCCC(CC)C(Cc1ncc[nH]1)NCC. The normalized spacial score (nSPS) is 14.8. The van der Waals surface area contributed by atoms with Crippen molar-refractivity contribution in [2.75, 3.05) is 6.54 Å². The topological polar surface area (TPSA) is 40.7 Å². The molecule has 1 heterocycles. The zero-order chi connectivity index (χ0) is 12.5. The Hall–Kier alpha value is -0.830. The molecular weight excluding hydrogens is 210 g/mol. The van der Waals surface area contributed by atoms with Crippen molar-refractivity contribution < 1.29 is 0 Å². The minimum atomic E-state index is 0.558. The van der Waals surface area contributed by atoms with E-state index in [-0.39, 0.29) is 0 Å². The maximum absolute atomic E-state index is 4.34.